The van der Waals surface area contributed by atoms with Gasteiger partial charge in [0.1, 0.15) is 5.78 Å². The summed E-state index contributed by atoms with van der Waals surface area (Å²) in [5, 5.41) is 11.3. The van der Waals surface area contributed by atoms with Crippen molar-refractivity contribution in [2.24, 2.45) is 40.4 Å². The third-order valence-electron chi connectivity index (χ3n) is 10.2. The monoisotopic (exact) mass is 438 g/mol. The quantitative estimate of drug-likeness (QED) is 0.537. The van der Waals surface area contributed by atoms with Gasteiger partial charge in [-0.15, -0.1) is 0 Å². The number of aliphatic hydroxyl groups is 1. The highest BCUT2D eigenvalue weighted by Crippen LogP contribution is 2.68. The number of rotatable bonds is 3. The molecule has 4 rings (SSSR count). The van der Waals surface area contributed by atoms with E-state index in [1.54, 1.807) is 0 Å². The lowest BCUT2D eigenvalue weighted by Gasteiger charge is -2.60. The minimum atomic E-state index is -0.459. The Morgan fingerprint density at radius 3 is 2.44 bits per heavy atom. The van der Waals surface area contributed by atoms with Crippen LogP contribution in [0.4, 0.5) is 0 Å². The van der Waals surface area contributed by atoms with E-state index in [9.17, 15) is 9.90 Å². The molecular formula is C24H39BrO2. The second kappa shape index (κ2) is 7.11. The molecule has 27 heavy (non-hydrogen) atoms. The highest BCUT2D eigenvalue weighted by atomic mass is 79.9. The number of hydrogen-bond acceptors (Lipinski definition) is 2. The summed E-state index contributed by atoms with van der Waals surface area (Å²) in [5.74, 6) is 3.93. The molecule has 0 aliphatic heterocycles. The van der Waals surface area contributed by atoms with Crippen LogP contribution in [-0.2, 0) is 4.79 Å². The molecule has 4 saturated carbocycles. The zero-order valence-electron chi connectivity index (χ0n) is 17.6. The predicted octanol–water partition coefficient (Wildman–Crippen LogP) is 6.14. The van der Waals surface area contributed by atoms with Gasteiger partial charge in [-0.3, -0.25) is 4.79 Å². The lowest BCUT2D eigenvalue weighted by molar-refractivity contribution is -0.132. The summed E-state index contributed by atoms with van der Waals surface area (Å²) in [6.07, 6.45) is 13.4. The molecule has 0 saturated heterocycles. The SMILES string of the molecule is CC[C@]12CC[C@@](C)(O)CC[C@H]1CC[C@H]1[C@@H]3CC[C@H](C(=O)CBr)[C@@]3(C)CC[C@@H]12. The largest absolute Gasteiger partial charge is 0.390 e. The first kappa shape index (κ1) is 20.4. The van der Waals surface area contributed by atoms with Crippen LogP contribution in [0.5, 0.6) is 0 Å². The molecule has 2 nitrogen and oxygen atoms in total. The van der Waals surface area contributed by atoms with Gasteiger partial charge in [0.05, 0.1) is 10.9 Å². The number of fused-ring (bicyclic) bond motifs is 5. The summed E-state index contributed by atoms with van der Waals surface area (Å²) in [7, 11) is 0. The molecule has 0 amide bonds. The average molecular weight is 439 g/mol. The number of halogens is 1. The van der Waals surface area contributed by atoms with E-state index in [2.05, 4.69) is 36.7 Å². The topological polar surface area (TPSA) is 37.3 Å². The number of ketones is 1. The smallest absolute Gasteiger partial charge is 0.147 e. The zero-order chi connectivity index (χ0) is 19.4. The predicted molar refractivity (Wildman–Crippen MR) is 114 cm³/mol. The van der Waals surface area contributed by atoms with Crippen molar-refractivity contribution in [3.05, 3.63) is 0 Å². The molecule has 0 aromatic rings. The Kier molecular flexibility index (Phi) is 5.37. The van der Waals surface area contributed by atoms with Gasteiger partial charge in [-0.25, -0.2) is 0 Å². The highest BCUT2D eigenvalue weighted by Gasteiger charge is 2.61. The van der Waals surface area contributed by atoms with E-state index in [0.29, 0.717) is 16.5 Å². The van der Waals surface area contributed by atoms with Crippen molar-refractivity contribution < 1.29 is 9.90 Å². The Labute approximate surface area is 174 Å². The molecule has 0 unspecified atom stereocenters. The van der Waals surface area contributed by atoms with Crippen molar-refractivity contribution >= 4 is 21.7 Å². The van der Waals surface area contributed by atoms with E-state index >= 15 is 0 Å². The lowest BCUT2D eigenvalue weighted by atomic mass is 9.45. The second-order valence-corrected chi connectivity index (χ2v) is 11.6. The van der Waals surface area contributed by atoms with E-state index in [-0.39, 0.29) is 11.3 Å². The standard InChI is InChI=1S/C24H39BrO2/c1-4-24-14-13-22(2,27)11-9-16(24)5-6-17-18-7-8-20(21(26)15-25)23(18,3)12-10-19(17)24/h16-20,27H,4-15H2,1-3H3/t16-,17+,18+,19+,20-,22+,23+,24+/m1/s1. The molecule has 4 aliphatic carbocycles. The first-order valence-electron chi connectivity index (χ1n) is 11.6. The number of carbonyl (C=O) groups excluding carboxylic acids is 1. The molecule has 1 N–H and O–H groups in total. The maximum Gasteiger partial charge on any atom is 0.147 e. The third kappa shape index (κ3) is 3.09. The van der Waals surface area contributed by atoms with Crippen LogP contribution >= 0.6 is 15.9 Å². The van der Waals surface area contributed by atoms with Crippen LogP contribution in [0.2, 0.25) is 0 Å². The van der Waals surface area contributed by atoms with Crippen LogP contribution in [0.1, 0.15) is 91.4 Å². The minimum absolute atomic E-state index is 0.240. The Balaban J connectivity index is 1.63. The molecule has 3 heteroatoms. The van der Waals surface area contributed by atoms with Crippen LogP contribution in [0.25, 0.3) is 0 Å². The van der Waals surface area contributed by atoms with Gasteiger partial charge in [-0.05, 0) is 112 Å². The van der Waals surface area contributed by atoms with Crippen molar-refractivity contribution in [3.8, 4) is 0 Å². The molecule has 0 spiro atoms. The maximum absolute atomic E-state index is 12.6. The first-order valence-corrected chi connectivity index (χ1v) is 12.7. The fourth-order valence-corrected chi connectivity index (χ4v) is 9.06. The molecule has 154 valence electrons. The van der Waals surface area contributed by atoms with Gasteiger partial charge in [0.2, 0.25) is 0 Å². The molecule has 0 bridgehead atoms. The van der Waals surface area contributed by atoms with E-state index in [1.807, 2.05) is 0 Å². The Bertz CT molecular complexity index is 587. The Morgan fingerprint density at radius 1 is 0.963 bits per heavy atom. The molecule has 0 aromatic carbocycles. The van der Waals surface area contributed by atoms with Crippen LogP contribution < -0.4 is 0 Å². The van der Waals surface area contributed by atoms with Gasteiger partial charge >= 0.3 is 0 Å². The number of hydrogen-bond donors (Lipinski definition) is 1. The van der Waals surface area contributed by atoms with Gasteiger partial charge in [0.15, 0.2) is 0 Å². The fourth-order valence-electron chi connectivity index (χ4n) is 8.67. The summed E-state index contributed by atoms with van der Waals surface area (Å²) in [6.45, 7) is 6.94. The van der Waals surface area contributed by atoms with Crippen molar-refractivity contribution in [1.29, 1.82) is 0 Å². The third-order valence-corrected chi connectivity index (χ3v) is 10.7. The maximum atomic E-state index is 12.6. The van der Waals surface area contributed by atoms with Crippen LogP contribution in [0.15, 0.2) is 0 Å². The van der Waals surface area contributed by atoms with Crippen molar-refractivity contribution in [2.45, 2.75) is 97.0 Å². The molecule has 0 radical (unpaired) electrons. The summed E-state index contributed by atoms with van der Waals surface area (Å²) < 4.78 is 0. The fraction of sp³-hybridized carbons (Fsp3) is 0.958. The molecule has 4 fully saturated rings. The van der Waals surface area contributed by atoms with Gasteiger partial charge in [-0.1, -0.05) is 29.8 Å². The van der Waals surface area contributed by atoms with E-state index in [0.717, 1.165) is 42.9 Å². The normalized spacial score (nSPS) is 52.4. The lowest BCUT2D eigenvalue weighted by Crippen LogP contribution is -2.53. The van der Waals surface area contributed by atoms with E-state index < -0.39 is 5.60 Å². The highest BCUT2D eigenvalue weighted by molar-refractivity contribution is 9.09. The zero-order valence-corrected chi connectivity index (χ0v) is 19.2. The van der Waals surface area contributed by atoms with Gasteiger partial charge in [0.25, 0.3) is 0 Å². The van der Waals surface area contributed by atoms with Crippen molar-refractivity contribution in [3.63, 3.8) is 0 Å². The number of alkyl halides is 1. The van der Waals surface area contributed by atoms with Crippen molar-refractivity contribution in [2.75, 3.05) is 5.33 Å². The summed E-state index contributed by atoms with van der Waals surface area (Å²) >= 11 is 3.45. The summed E-state index contributed by atoms with van der Waals surface area (Å²) in [4.78, 5) is 12.6. The number of carbonyl (C=O) groups is 1. The summed E-state index contributed by atoms with van der Waals surface area (Å²) in [6, 6.07) is 0. The van der Waals surface area contributed by atoms with Gasteiger partial charge < -0.3 is 5.11 Å². The van der Waals surface area contributed by atoms with Crippen LogP contribution in [0, 0.1) is 40.4 Å². The summed E-state index contributed by atoms with van der Waals surface area (Å²) in [5.41, 5.74) is 0.227. The first-order chi connectivity index (χ1) is 12.8. The number of Topliss-reactive ketones (excluding diaryl/α,β-unsaturated/α-hetero) is 1. The average Bonchev–Trinajstić information content (AvgIpc) is 2.94. The molecular weight excluding hydrogens is 400 g/mol. The Morgan fingerprint density at radius 2 is 1.74 bits per heavy atom. The van der Waals surface area contributed by atoms with Gasteiger partial charge in [-0.2, -0.15) is 0 Å². The van der Waals surface area contributed by atoms with Crippen LogP contribution in [-0.4, -0.2) is 21.8 Å². The minimum Gasteiger partial charge on any atom is -0.390 e. The molecule has 8 atom stereocenters. The molecule has 0 aromatic heterocycles. The molecule has 4 aliphatic rings. The van der Waals surface area contributed by atoms with Crippen LogP contribution in [0.3, 0.4) is 0 Å². The Hall–Kier alpha value is 0.110. The molecule has 0 heterocycles. The van der Waals surface area contributed by atoms with Crippen molar-refractivity contribution in [1.82, 2.24) is 0 Å². The van der Waals surface area contributed by atoms with E-state index in [1.165, 1.54) is 51.4 Å². The van der Waals surface area contributed by atoms with E-state index in [4.69, 9.17) is 0 Å². The van der Waals surface area contributed by atoms with Gasteiger partial charge in [0, 0.05) is 5.92 Å². The second-order valence-electron chi connectivity index (χ2n) is 11.0.